The summed E-state index contributed by atoms with van der Waals surface area (Å²) in [5.74, 6) is 0.351. The Morgan fingerprint density at radius 2 is 1.18 bits per heavy atom. The number of phosphoric acid groups is 1. The fourth-order valence-electron chi connectivity index (χ4n) is 3.12. The molecule has 0 aromatic heterocycles. The SMILES string of the molecule is CCCCCCCCCCCCCCCCOP(=O)(O)Oc1ccccc1.[AlH3]. The Labute approximate surface area is 183 Å². The first-order valence-corrected chi connectivity index (χ1v) is 12.4. The molecule has 0 aliphatic rings. The summed E-state index contributed by atoms with van der Waals surface area (Å²) in [6, 6.07) is 8.61. The zero-order valence-electron chi connectivity index (χ0n) is 17.1. The van der Waals surface area contributed by atoms with Crippen molar-refractivity contribution in [3.8, 4) is 5.75 Å². The number of rotatable bonds is 18. The van der Waals surface area contributed by atoms with E-state index < -0.39 is 7.82 Å². The van der Waals surface area contributed by atoms with Crippen molar-refractivity contribution in [2.24, 2.45) is 0 Å². The van der Waals surface area contributed by atoms with E-state index in [0.717, 1.165) is 19.3 Å². The van der Waals surface area contributed by atoms with Crippen molar-refractivity contribution in [1.29, 1.82) is 0 Å². The molecule has 0 spiro atoms. The minimum Gasteiger partial charge on any atom is -0.404 e. The predicted octanol–water partition coefficient (Wildman–Crippen LogP) is 6.48. The summed E-state index contributed by atoms with van der Waals surface area (Å²) in [6.07, 6.45) is 17.9. The van der Waals surface area contributed by atoms with Gasteiger partial charge in [0, 0.05) is 0 Å². The van der Waals surface area contributed by atoms with Gasteiger partial charge in [-0.1, -0.05) is 109 Å². The number of phosphoric ester groups is 1. The quantitative estimate of drug-likeness (QED) is 0.165. The van der Waals surface area contributed by atoms with Crippen LogP contribution in [0, 0.1) is 0 Å². The van der Waals surface area contributed by atoms with Crippen LogP contribution in [0.15, 0.2) is 30.3 Å². The molecule has 1 atom stereocenters. The van der Waals surface area contributed by atoms with Crippen LogP contribution in [-0.2, 0) is 9.09 Å². The lowest BCUT2D eigenvalue weighted by molar-refractivity contribution is 0.199. The first kappa shape index (κ1) is 27.7. The summed E-state index contributed by atoms with van der Waals surface area (Å²) < 4.78 is 21.9. The van der Waals surface area contributed by atoms with Crippen LogP contribution >= 0.6 is 7.82 Å². The third-order valence-corrected chi connectivity index (χ3v) is 5.67. The lowest BCUT2D eigenvalue weighted by atomic mass is 10.0. The molecule has 1 rings (SSSR count). The normalized spacial score (nSPS) is 12.9. The Morgan fingerprint density at radius 3 is 1.64 bits per heavy atom. The van der Waals surface area contributed by atoms with Crippen molar-refractivity contribution >= 4 is 25.2 Å². The van der Waals surface area contributed by atoms with Gasteiger partial charge in [-0.05, 0) is 18.6 Å². The molecule has 28 heavy (non-hydrogen) atoms. The van der Waals surface area contributed by atoms with Crippen molar-refractivity contribution in [2.75, 3.05) is 6.61 Å². The molecule has 0 saturated carbocycles. The van der Waals surface area contributed by atoms with Crippen LogP contribution in [0.5, 0.6) is 5.75 Å². The summed E-state index contributed by atoms with van der Waals surface area (Å²) in [6.45, 7) is 2.52. The predicted molar refractivity (Wildman–Crippen MR) is 123 cm³/mol. The third kappa shape index (κ3) is 16.6. The van der Waals surface area contributed by atoms with Crippen LogP contribution in [0.3, 0.4) is 0 Å². The van der Waals surface area contributed by atoms with E-state index in [1.807, 2.05) is 6.07 Å². The Balaban J connectivity index is 0.00000729. The molecule has 0 amide bonds. The maximum Gasteiger partial charge on any atom is 0.527 e. The molecular formula is C22H42AlO4P. The number of benzene rings is 1. The van der Waals surface area contributed by atoms with Gasteiger partial charge in [-0.2, -0.15) is 0 Å². The molecule has 1 N–H and O–H groups in total. The highest BCUT2D eigenvalue weighted by Gasteiger charge is 2.22. The van der Waals surface area contributed by atoms with Gasteiger partial charge in [0.25, 0.3) is 0 Å². The summed E-state index contributed by atoms with van der Waals surface area (Å²) in [7, 11) is -4.00. The second-order valence-electron chi connectivity index (χ2n) is 7.30. The van der Waals surface area contributed by atoms with E-state index in [4.69, 9.17) is 9.05 Å². The second-order valence-corrected chi connectivity index (χ2v) is 8.68. The first-order chi connectivity index (χ1) is 13.1. The van der Waals surface area contributed by atoms with Gasteiger partial charge in [0.1, 0.15) is 5.75 Å². The van der Waals surface area contributed by atoms with Crippen molar-refractivity contribution < 1.29 is 18.5 Å². The Bertz CT molecular complexity index is 499. The summed E-state index contributed by atoms with van der Waals surface area (Å²) >= 11 is 0. The zero-order valence-corrected chi connectivity index (χ0v) is 18.0. The van der Waals surface area contributed by atoms with Crippen LogP contribution in [0.4, 0.5) is 0 Å². The standard InChI is InChI=1S/C22H39O4P.Al.3H/c1-2-3-4-5-6-7-8-9-10-11-12-13-14-18-21-25-27(23,24)26-22-19-16-15-17-20-22;;;;/h15-17,19-20H,2-14,18,21H2,1H3,(H,23,24);;;;. The van der Waals surface area contributed by atoms with Gasteiger partial charge in [-0.25, -0.2) is 4.57 Å². The number of hydrogen-bond donors (Lipinski definition) is 1. The van der Waals surface area contributed by atoms with E-state index in [0.29, 0.717) is 5.75 Å². The van der Waals surface area contributed by atoms with Gasteiger partial charge in [0.15, 0.2) is 17.4 Å². The van der Waals surface area contributed by atoms with Crippen molar-refractivity contribution in [3.05, 3.63) is 30.3 Å². The molecule has 0 aliphatic carbocycles. The molecule has 0 saturated heterocycles. The monoisotopic (exact) mass is 428 g/mol. The molecule has 0 heterocycles. The van der Waals surface area contributed by atoms with E-state index in [-0.39, 0.29) is 24.0 Å². The Morgan fingerprint density at radius 1 is 0.750 bits per heavy atom. The van der Waals surface area contributed by atoms with Crippen LogP contribution in [0.2, 0.25) is 0 Å². The smallest absolute Gasteiger partial charge is 0.404 e. The van der Waals surface area contributed by atoms with Crippen molar-refractivity contribution in [2.45, 2.75) is 96.8 Å². The second kappa shape index (κ2) is 18.7. The lowest BCUT2D eigenvalue weighted by Crippen LogP contribution is -1.99. The Hall–Kier alpha value is -0.298. The van der Waals surface area contributed by atoms with Crippen LogP contribution in [-0.4, -0.2) is 28.9 Å². The molecule has 0 aliphatic heterocycles. The molecule has 0 bridgehead atoms. The minimum absolute atomic E-state index is 0. The fourth-order valence-corrected chi connectivity index (χ4v) is 3.92. The molecule has 0 radical (unpaired) electrons. The van der Waals surface area contributed by atoms with E-state index in [9.17, 15) is 9.46 Å². The maximum atomic E-state index is 11.8. The van der Waals surface area contributed by atoms with Crippen LogP contribution < -0.4 is 4.52 Å². The highest BCUT2D eigenvalue weighted by molar-refractivity contribution is 7.47. The average Bonchev–Trinajstić information content (AvgIpc) is 2.65. The highest BCUT2D eigenvalue weighted by atomic mass is 31.2. The fraction of sp³-hybridized carbons (Fsp3) is 0.727. The minimum atomic E-state index is -4.00. The number of unbranched alkanes of at least 4 members (excludes halogenated alkanes) is 13. The van der Waals surface area contributed by atoms with Crippen molar-refractivity contribution in [3.63, 3.8) is 0 Å². The summed E-state index contributed by atoms with van der Waals surface area (Å²) in [4.78, 5) is 9.68. The van der Waals surface area contributed by atoms with E-state index in [1.54, 1.807) is 24.3 Å². The maximum absolute atomic E-state index is 11.8. The average molecular weight is 429 g/mol. The van der Waals surface area contributed by atoms with Gasteiger partial charge >= 0.3 is 7.82 Å². The van der Waals surface area contributed by atoms with Gasteiger partial charge in [0.2, 0.25) is 0 Å². The van der Waals surface area contributed by atoms with E-state index in [2.05, 4.69) is 6.92 Å². The molecule has 1 aromatic rings. The van der Waals surface area contributed by atoms with Gasteiger partial charge in [0.05, 0.1) is 6.61 Å². The number of para-hydroxylation sites is 1. The van der Waals surface area contributed by atoms with E-state index >= 15 is 0 Å². The van der Waals surface area contributed by atoms with Crippen LogP contribution in [0.1, 0.15) is 96.8 Å². The highest BCUT2D eigenvalue weighted by Crippen LogP contribution is 2.43. The van der Waals surface area contributed by atoms with E-state index in [1.165, 1.54) is 70.6 Å². The molecular weight excluding hydrogens is 386 g/mol. The molecule has 1 aromatic carbocycles. The topological polar surface area (TPSA) is 55.8 Å². The number of hydrogen-bond acceptors (Lipinski definition) is 3. The summed E-state index contributed by atoms with van der Waals surface area (Å²) in [5.41, 5.74) is 0. The van der Waals surface area contributed by atoms with Crippen LogP contribution in [0.25, 0.3) is 0 Å². The van der Waals surface area contributed by atoms with Crippen molar-refractivity contribution in [1.82, 2.24) is 0 Å². The molecule has 4 nitrogen and oxygen atoms in total. The first-order valence-electron chi connectivity index (χ1n) is 10.9. The Kier molecular flexibility index (Phi) is 18.5. The molecule has 6 heteroatoms. The molecule has 1 unspecified atom stereocenters. The lowest BCUT2D eigenvalue weighted by Gasteiger charge is -2.12. The largest absolute Gasteiger partial charge is 0.527 e. The molecule has 162 valence electrons. The summed E-state index contributed by atoms with van der Waals surface area (Å²) in [5, 5.41) is 0. The van der Waals surface area contributed by atoms with Gasteiger partial charge in [-0.3, -0.25) is 9.42 Å². The third-order valence-electron chi connectivity index (χ3n) is 4.72. The van der Waals surface area contributed by atoms with Gasteiger partial charge in [-0.15, -0.1) is 0 Å². The molecule has 0 fully saturated rings. The van der Waals surface area contributed by atoms with Gasteiger partial charge < -0.3 is 4.52 Å². The zero-order chi connectivity index (χ0) is 19.6.